The second-order valence-electron chi connectivity index (χ2n) is 12.4. The van der Waals surface area contributed by atoms with Crippen molar-refractivity contribution in [3.05, 3.63) is 182 Å². The quantitative estimate of drug-likeness (QED) is 0.172. The molecule has 11 aromatic rings. The Labute approximate surface area is 315 Å². The molecule has 1 heteroatoms. The summed E-state index contributed by atoms with van der Waals surface area (Å²) in [5.41, 5.74) is 2.27. The van der Waals surface area contributed by atoms with Crippen LogP contribution < -0.4 is 0 Å². The molecule has 0 spiro atoms. The molecule has 0 radical (unpaired) electrons. The second kappa shape index (κ2) is 10.9. The highest BCUT2D eigenvalue weighted by Crippen LogP contribution is 2.48. The summed E-state index contributed by atoms with van der Waals surface area (Å²) in [6.07, 6.45) is 0. The highest BCUT2D eigenvalue weighted by molar-refractivity contribution is 6.26. The van der Waals surface area contributed by atoms with E-state index in [0.717, 1.165) is 27.1 Å². The summed E-state index contributed by atoms with van der Waals surface area (Å²) in [6.45, 7) is 0. The number of fused-ring (bicyclic) bond motifs is 9. The fourth-order valence-corrected chi connectivity index (χ4v) is 7.65. The van der Waals surface area contributed by atoms with Gasteiger partial charge in [-0.15, -0.1) is 0 Å². The SMILES string of the molecule is [2H]c1c([2H])c([2H])c2c(-c3c4c([2H])c([2H])c([2H])c([2H])c4c(-c4cccc5cccc(-c6ccc7c(c6)oc6ccc8ccccc8c67)c45)c4c([2H])c([2H])c([2H])c([2H])c34)c([2H])c([2H])c([2H])c2c1[2H]. The lowest BCUT2D eigenvalue weighted by atomic mass is 9.82. The van der Waals surface area contributed by atoms with Gasteiger partial charge >= 0.3 is 0 Å². The molecule has 0 fully saturated rings. The summed E-state index contributed by atoms with van der Waals surface area (Å²) in [5.74, 6) is 0. The predicted molar refractivity (Wildman–Crippen MR) is 218 cm³/mol. The fraction of sp³-hybridized carbons (Fsp3) is 0. The van der Waals surface area contributed by atoms with Crippen molar-refractivity contribution in [3.63, 3.8) is 0 Å². The minimum Gasteiger partial charge on any atom is -0.456 e. The Morgan fingerprint density at radius 3 is 1.75 bits per heavy atom. The van der Waals surface area contributed by atoms with Crippen molar-refractivity contribution in [1.82, 2.24) is 0 Å². The van der Waals surface area contributed by atoms with E-state index in [2.05, 4.69) is 0 Å². The molecule has 11 rings (SSSR count). The molecule has 0 atom stereocenters. The number of benzene rings is 10. The van der Waals surface area contributed by atoms with Gasteiger partial charge in [0.2, 0.25) is 0 Å². The zero-order chi connectivity index (χ0) is 46.5. The summed E-state index contributed by atoms with van der Waals surface area (Å²) >= 11 is 0. The third kappa shape index (κ3) is 4.16. The standard InChI is InChI=1S/C50H30O/c1-3-17-35-31(12-1)14-9-24-38(35)48-39-19-5-7-21-41(39)49(42-22-8-6-20-40(42)48)44-25-11-16-33-15-10-23-37(47(33)44)34-26-28-43-46(30-34)51-45-29-27-32-13-2-4-18-36(32)50(43)45/h1-30H/i1D,3D,5D,6D,7D,8D,9D,12D,14D,17D,19D,20D,21D,22D,24D. The van der Waals surface area contributed by atoms with Crippen LogP contribution in [0.5, 0.6) is 0 Å². The molecule has 0 saturated carbocycles. The number of hydrogen-bond donors (Lipinski definition) is 0. The Balaban J connectivity index is 1.35. The molecule has 0 saturated heterocycles. The first-order chi connectivity index (χ1) is 31.5. The topological polar surface area (TPSA) is 13.1 Å². The van der Waals surface area contributed by atoms with Crippen molar-refractivity contribution in [1.29, 1.82) is 0 Å². The zero-order valence-electron chi connectivity index (χ0n) is 41.6. The maximum Gasteiger partial charge on any atom is 0.136 e. The molecule has 1 aromatic heterocycles. The van der Waals surface area contributed by atoms with Crippen LogP contribution in [0.15, 0.2) is 186 Å². The average Bonchev–Trinajstić information content (AvgIpc) is 3.71. The third-order valence-corrected chi connectivity index (χ3v) is 9.78. The summed E-state index contributed by atoms with van der Waals surface area (Å²) in [4.78, 5) is 0. The van der Waals surface area contributed by atoms with Gasteiger partial charge in [-0.2, -0.15) is 0 Å². The second-order valence-corrected chi connectivity index (χ2v) is 12.4. The minimum absolute atomic E-state index is 0.0260. The van der Waals surface area contributed by atoms with Crippen LogP contribution in [0, 0.1) is 0 Å². The number of rotatable bonds is 3. The first kappa shape index (κ1) is 17.3. The number of hydrogen-bond acceptors (Lipinski definition) is 1. The molecule has 0 aliphatic carbocycles. The van der Waals surface area contributed by atoms with Gasteiger partial charge in [0.05, 0.1) is 20.6 Å². The van der Waals surface area contributed by atoms with E-state index < -0.39 is 107 Å². The van der Waals surface area contributed by atoms with Gasteiger partial charge in [-0.25, -0.2) is 0 Å². The van der Waals surface area contributed by atoms with Crippen LogP contribution in [-0.4, -0.2) is 0 Å². The lowest BCUT2D eigenvalue weighted by Crippen LogP contribution is -1.93. The van der Waals surface area contributed by atoms with Gasteiger partial charge < -0.3 is 4.42 Å². The van der Waals surface area contributed by atoms with Gasteiger partial charge in [-0.05, 0) is 105 Å². The Hall–Kier alpha value is -6.70. The van der Waals surface area contributed by atoms with E-state index >= 15 is 0 Å². The highest BCUT2D eigenvalue weighted by Gasteiger charge is 2.21. The summed E-state index contributed by atoms with van der Waals surface area (Å²) < 4.78 is 143. The molecular weight excluding hydrogens is 617 g/mol. The van der Waals surface area contributed by atoms with Gasteiger partial charge in [-0.1, -0.05) is 163 Å². The lowest BCUT2D eigenvalue weighted by Gasteiger charge is -2.20. The first-order valence-corrected chi connectivity index (χ1v) is 16.4. The molecule has 0 aliphatic heterocycles. The molecule has 1 nitrogen and oxygen atoms in total. The smallest absolute Gasteiger partial charge is 0.136 e. The van der Waals surface area contributed by atoms with Crippen LogP contribution in [0.1, 0.15) is 20.6 Å². The van der Waals surface area contributed by atoms with Crippen molar-refractivity contribution >= 4 is 75.8 Å². The zero-order valence-corrected chi connectivity index (χ0v) is 26.6. The van der Waals surface area contributed by atoms with E-state index in [4.69, 9.17) is 18.1 Å². The Kier molecular flexibility index (Phi) is 3.70. The Morgan fingerprint density at radius 1 is 0.353 bits per heavy atom. The van der Waals surface area contributed by atoms with Crippen LogP contribution in [0.2, 0.25) is 0 Å². The van der Waals surface area contributed by atoms with E-state index in [-0.39, 0.29) is 32.7 Å². The monoisotopic (exact) mass is 661 g/mol. The Bertz CT molecular complexity index is 3970. The summed E-state index contributed by atoms with van der Waals surface area (Å²) in [7, 11) is 0. The molecule has 0 aliphatic rings. The number of furan rings is 1. The normalized spacial score (nSPS) is 16.0. The van der Waals surface area contributed by atoms with Gasteiger partial charge in [0.1, 0.15) is 11.2 Å². The fourth-order valence-electron chi connectivity index (χ4n) is 7.65. The van der Waals surface area contributed by atoms with Crippen LogP contribution >= 0.6 is 0 Å². The maximum atomic E-state index is 9.60. The van der Waals surface area contributed by atoms with Gasteiger partial charge in [-0.3, -0.25) is 0 Å². The van der Waals surface area contributed by atoms with Gasteiger partial charge in [0.25, 0.3) is 0 Å². The van der Waals surface area contributed by atoms with Crippen LogP contribution in [0.4, 0.5) is 0 Å². The van der Waals surface area contributed by atoms with E-state index in [1.807, 2.05) is 78.9 Å². The average molecular weight is 662 g/mol. The maximum absolute atomic E-state index is 9.60. The molecule has 0 amide bonds. The molecule has 0 bridgehead atoms. The van der Waals surface area contributed by atoms with E-state index in [0.29, 0.717) is 33.1 Å². The molecule has 0 unspecified atom stereocenters. The van der Waals surface area contributed by atoms with Crippen molar-refractivity contribution in [2.75, 3.05) is 0 Å². The Morgan fingerprint density at radius 2 is 0.980 bits per heavy atom. The van der Waals surface area contributed by atoms with Gasteiger partial charge in [0, 0.05) is 10.8 Å². The molecule has 0 N–H and O–H groups in total. The van der Waals surface area contributed by atoms with Crippen molar-refractivity contribution in [3.8, 4) is 33.4 Å². The van der Waals surface area contributed by atoms with Crippen LogP contribution in [0.25, 0.3) is 109 Å². The lowest BCUT2D eigenvalue weighted by molar-refractivity contribution is 0.669. The molecular formula is C50H30O. The highest BCUT2D eigenvalue weighted by atomic mass is 16.3. The first-order valence-electron chi connectivity index (χ1n) is 23.9. The largest absolute Gasteiger partial charge is 0.456 e. The van der Waals surface area contributed by atoms with Gasteiger partial charge in [0.15, 0.2) is 0 Å². The molecule has 236 valence electrons. The van der Waals surface area contributed by atoms with E-state index in [9.17, 15) is 6.85 Å². The third-order valence-electron chi connectivity index (χ3n) is 9.78. The molecule has 1 heterocycles. The van der Waals surface area contributed by atoms with Crippen molar-refractivity contribution in [2.24, 2.45) is 0 Å². The molecule has 10 aromatic carbocycles. The van der Waals surface area contributed by atoms with Crippen LogP contribution in [-0.2, 0) is 0 Å². The van der Waals surface area contributed by atoms with E-state index in [1.54, 1.807) is 12.1 Å². The van der Waals surface area contributed by atoms with Crippen molar-refractivity contribution < 1.29 is 25.0 Å². The van der Waals surface area contributed by atoms with E-state index in [1.165, 1.54) is 0 Å². The molecule has 51 heavy (non-hydrogen) atoms. The van der Waals surface area contributed by atoms with Crippen molar-refractivity contribution in [2.45, 2.75) is 0 Å². The minimum atomic E-state index is -0.761. The van der Waals surface area contributed by atoms with Crippen LogP contribution in [0.3, 0.4) is 0 Å². The summed E-state index contributed by atoms with van der Waals surface area (Å²) in [5, 5.41) is 3.37. The predicted octanol–water partition coefficient (Wildman–Crippen LogP) is 14.4. The summed E-state index contributed by atoms with van der Waals surface area (Å²) in [6, 6.07) is 18.5.